The molecule has 1 N–H and O–H groups in total. The van der Waals surface area contributed by atoms with Crippen LogP contribution in [0.5, 0.6) is 0 Å². The lowest BCUT2D eigenvalue weighted by Crippen LogP contribution is -2.19. The summed E-state index contributed by atoms with van der Waals surface area (Å²) in [6.07, 6.45) is 0. The molecule has 1 aromatic heterocycles. The van der Waals surface area contributed by atoms with Crippen molar-refractivity contribution >= 4 is 11.3 Å². The molecule has 2 rings (SSSR count). The second-order valence-electron chi connectivity index (χ2n) is 4.31. The van der Waals surface area contributed by atoms with Crippen molar-refractivity contribution in [3.05, 3.63) is 56.8 Å². The van der Waals surface area contributed by atoms with Gasteiger partial charge in [-0.2, -0.15) is 0 Å². The third-order valence-electron chi connectivity index (χ3n) is 3.04. The van der Waals surface area contributed by atoms with E-state index >= 15 is 0 Å². The minimum atomic E-state index is -0.509. The summed E-state index contributed by atoms with van der Waals surface area (Å²) in [4.78, 5) is 1.06. The van der Waals surface area contributed by atoms with E-state index in [0.717, 1.165) is 16.5 Å². The molecule has 0 fully saturated rings. The van der Waals surface area contributed by atoms with E-state index in [1.807, 2.05) is 18.4 Å². The van der Waals surface area contributed by atoms with Gasteiger partial charge >= 0.3 is 0 Å². The van der Waals surface area contributed by atoms with Crippen LogP contribution in [-0.2, 0) is 0 Å². The van der Waals surface area contributed by atoms with E-state index in [1.165, 1.54) is 0 Å². The maximum atomic E-state index is 13.9. The van der Waals surface area contributed by atoms with Gasteiger partial charge in [-0.05, 0) is 49.5 Å². The highest BCUT2D eigenvalue weighted by atomic mass is 32.1. The van der Waals surface area contributed by atoms with Gasteiger partial charge in [0.2, 0.25) is 0 Å². The van der Waals surface area contributed by atoms with Gasteiger partial charge in [0.05, 0.1) is 6.04 Å². The Morgan fingerprint density at radius 3 is 2.39 bits per heavy atom. The van der Waals surface area contributed by atoms with Crippen LogP contribution in [0, 0.1) is 25.5 Å². The highest BCUT2D eigenvalue weighted by molar-refractivity contribution is 7.10. The highest BCUT2D eigenvalue weighted by Crippen LogP contribution is 2.31. The van der Waals surface area contributed by atoms with Crippen LogP contribution < -0.4 is 5.32 Å². The van der Waals surface area contributed by atoms with Gasteiger partial charge in [0.15, 0.2) is 0 Å². The largest absolute Gasteiger partial charge is 0.309 e. The van der Waals surface area contributed by atoms with E-state index in [4.69, 9.17) is 0 Å². The molecule has 1 unspecified atom stereocenters. The van der Waals surface area contributed by atoms with Crippen molar-refractivity contribution in [3.63, 3.8) is 0 Å². The summed E-state index contributed by atoms with van der Waals surface area (Å²) in [5.41, 5.74) is 2.06. The van der Waals surface area contributed by atoms with E-state index in [9.17, 15) is 8.78 Å². The van der Waals surface area contributed by atoms with Crippen LogP contribution in [0.15, 0.2) is 23.6 Å². The molecule has 18 heavy (non-hydrogen) atoms. The standard InChI is InChI=1S/C14H15F2NS/c1-8-4-5-18-14(8)13(17-3)10-6-9(2)11(15)7-12(10)16/h4-7,13,17H,1-3H3. The number of rotatable bonds is 3. The van der Waals surface area contributed by atoms with E-state index in [0.29, 0.717) is 11.1 Å². The number of benzene rings is 1. The summed E-state index contributed by atoms with van der Waals surface area (Å²) in [5.74, 6) is -1.01. The first-order valence-electron chi connectivity index (χ1n) is 5.71. The Kier molecular flexibility index (Phi) is 3.78. The number of hydrogen-bond acceptors (Lipinski definition) is 2. The van der Waals surface area contributed by atoms with Gasteiger partial charge in [-0.1, -0.05) is 0 Å². The molecule has 1 heterocycles. The molecule has 0 bridgehead atoms. The van der Waals surface area contributed by atoms with E-state index in [2.05, 4.69) is 5.32 Å². The zero-order chi connectivity index (χ0) is 13.3. The average Bonchev–Trinajstić information content (AvgIpc) is 2.73. The van der Waals surface area contributed by atoms with Crippen LogP contribution in [0.3, 0.4) is 0 Å². The summed E-state index contributed by atoms with van der Waals surface area (Å²) in [7, 11) is 1.78. The Labute approximate surface area is 109 Å². The molecule has 0 aliphatic carbocycles. The third kappa shape index (κ3) is 2.31. The molecule has 0 amide bonds. The first-order chi connectivity index (χ1) is 8.54. The minimum absolute atomic E-state index is 0.232. The molecule has 0 aliphatic rings. The maximum absolute atomic E-state index is 13.9. The normalized spacial score (nSPS) is 12.7. The van der Waals surface area contributed by atoms with Gasteiger partial charge < -0.3 is 5.32 Å². The number of thiophene rings is 1. The fourth-order valence-corrected chi connectivity index (χ4v) is 3.06. The van der Waals surface area contributed by atoms with Crippen molar-refractivity contribution in [1.82, 2.24) is 5.32 Å². The Bertz CT molecular complexity index is 563. The fraction of sp³-hybridized carbons (Fsp3) is 0.286. The third-order valence-corrected chi connectivity index (χ3v) is 4.13. The minimum Gasteiger partial charge on any atom is -0.309 e. The van der Waals surface area contributed by atoms with Crippen LogP contribution in [0.1, 0.15) is 27.6 Å². The maximum Gasteiger partial charge on any atom is 0.131 e. The molecule has 1 atom stereocenters. The highest BCUT2D eigenvalue weighted by Gasteiger charge is 2.20. The van der Waals surface area contributed by atoms with Crippen LogP contribution >= 0.6 is 11.3 Å². The second kappa shape index (κ2) is 5.16. The number of nitrogens with one attached hydrogen (secondary N) is 1. The number of hydrogen-bond donors (Lipinski definition) is 1. The van der Waals surface area contributed by atoms with Gasteiger partial charge in [0.25, 0.3) is 0 Å². The molecule has 4 heteroatoms. The lowest BCUT2D eigenvalue weighted by Gasteiger charge is -2.18. The molecule has 0 radical (unpaired) electrons. The number of aryl methyl sites for hydroxylation is 2. The Hall–Kier alpha value is -1.26. The monoisotopic (exact) mass is 267 g/mol. The van der Waals surface area contributed by atoms with Crippen molar-refractivity contribution in [1.29, 1.82) is 0 Å². The van der Waals surface area contributed by atoms with Crippen molar-refractivity contribution in [2.24, 2.45) is 0 Å². The van der Waals surface area contributed by atoms with Crippen LogP contribution in [0.25, 0.3) is 0 Å². The molecule has 0 saturated carbocycles. The van der Waals surface area contributed by atoms with Gasteiger partial charge in [-0.15, -0.1) is 11.3 Å². The van der Waals surface area contributed by atoms with Crippen molar-refractivity contribution in [2.75, 3.05) is 7.05 Å². The Morgan fingerprint density at radius 2 is 1.83 bits per heavy atom. The first kappa shape index (κ1) is 13.2. The smallest absolute Gasteiger partial charge is 0.131 e. The summed E-state index contributed by atoms with van der Waals surface area (Å²) < 4.78 is 27.2. The summed E-state index contributed by atoms with van der Waals surface area (Å²) >= 11 is 1.57. The van der Waals surface area contributed by atoms with Crippen molar-refractivity contribution in [3.8, 4) is 0 Å². The predicted octanol–water partition coefficient (Wildman–Crippen LogP) is 3.95. The molecule has 96 valence electrons. The van der Waals surface area contributed by atoms with Crippen LogP contribution in [0.4, 0.5) is 8.78 Å². The van der Waals surface area contributed by atoms with Crippen LogP contribution in [0.2, 0.25) is 0 Å². The molecule has 1 nitrogen and oxygen atoms in total. The van der Waals surface area contributed by atoms with E-state index < -0.39 is 11.6 Å². The summed E-state index contributed by atoms with van der Waals surface area (Å²) in [6, 6.07) is 4.30. The SMILES string of the molecule is CNC(c1cc(C)c(F)cc1F)c1sccc1C. The lowest BCUT2D eigenvalue weighted by molar-refractivity contribution is 0.549. The topological polar surface area (TPSA) is 12.0 Å². The van der Waals surface area contributed by atoms with E-state index in [1.54, 1.807) is 31.4 Å². The molecule has 1 aromatic carbocycles. The van der Waals surface area contributed by atoms with Gasteiger partial charge in [-0.3, -0.25) is 0 Å². The Balaban J connectivity index is 2.52. The Morgan fingerprint density at radius 1 is 1.11 bits per heavy atom. The van der Waals surface area contributed by atoms with Gasteiger partial charge in [0.1, 0.15) is 11.6 Å². The summed E-state index contributed by atoms with van der Waals surface area (Å²) in [5, 5.41) is 5.07. The molecule has 0 aliphatic heterocycles. The van der Waals surface area contributed by atoms with Gasteiger partial charge in [-0.25, -0.2) is 8.78 Å². The molecular formula is C14H15F2NS. The molecular weight excluding hydrogens is 252 g/mol. The van der Waals surface area contributed by atoms with Crippen molar-refractivity contribution in [2.45, 2.75) is 19.9 Å². The molecule has 0 spiro atoms. The predicted molar refractivity (Wildman–Crippen MR) is 71.1 cm³/mol. The van der Waals surface area contributed by atoms with Gasteiger partial charge in [0, 0.05) is 16.5 Å². The van der Waals surface area contributed by atoms with E-state index in [-0.39, 0.29) is 6.04 Å². The molecule has 0 saturated heterocycles. The fourth-order valence-electron chi connectivity index (χ4n) is 2.01. The summed E-state index contributed by atoms with van der Waals surface area (Å²) in [6.45, 7) is 3.64. The van der Waals surface area contributed by atoms with Crippen LogP contribution in [-0.4, -0.2) is 7.05 Å². The average molecular weight is 267 g/mol. The first-order valence-corrected chi connectivity index (χ1v) is 6.59. The lowest BCUT2D eigenvalue weighted by atomic mass is 10.0. The van der Waals surface area contributed by atoms with Crippen molar-refractivity contribution < 1.29 is 8.78 Å². The zero-order valence-corrected chi connectivity index (χ0v) is 11.4. The zero-order valence-electron chi connectivity index (χ0n) is 10.6. The number of halogens is 2. The molecule has 2 aromatic rings. The second-order valence-corrected chi connectivity index (χ2v) is 5.26. The quantitative estimate of drug-likeness (QED) is 0.887.